The molecule has 110 valence electrons. The zero-order chi connectivity index (χ0) is 14.4. The third-order valence-electron chi connectivity index (χ3n) is 5.34. The number of nitrogens with two attached hydrogens (primary N) is 1. The van der Waals surface area contributed by atoms with Crippen LogP contribution in [0.5, 0.6) is 0 Å². The topological polar surface area (TPSA) is 55.6 Å². The van der Waals surface area contributed by atoms with Crippen molar-refractivity contribution in [1.82, 2.24) is 4.90 Å². The highest BCUT2D eigenvalue weighted by molar-refractivity contribution is 5.88. The summed E-state index contributed by atoms with van der Waals surface area (Å²) < 4.78 is 5.68. The van der Waals surface area contributed by atoms with E-state index in [0.717, 1.165) is 12.5 Å². The minimum absolute atomic E-state index is 0.0764. The zero-order valence-corrected chi connectivity index (χ0v) is 12.9. The normalized spacial score (nSPS) is 39.6. The summed E-state index contributed by atoms with van der Waals surface area (Å²) >= 11 is 0. The molecule has 4 nitrogen and oxygen atoms in total. The van der Waals surface area contributed by atoms with E-state index in [1.807, 2.05) is 32.7 Å². The van der Waals surface area contributed by atoms with Gasteiger partial charge in [-0.15, -0.1) is 0 Å². The van der Waals surface area contributed by atoms with Gasteiger partial charge in [-0.1, -0.05) is 20.8 Å². The summed E-state index contributed by atoms with van der Waals surface area (Å²) in [6.07, 6.45) is 1.97. The number of likely N-dealkylation sites (N-methyl/N-ethyl adjacent to an activating group) is 1. The lowest BCUT2D eigenvalue weighted by molar-refractivity contribution is -0.178. The molecule has 4 atom stereocenters. The molecule has 0 saturated heterocycles. The Bertz CT molecular complexity index is 369. The molecule has 2 rings (SSSR count). The van der Waals surface area contributed by atoms with Gasteiger partial charge >= 0.3 is 0 Å². The van der Waals surface area contributed by atoms with Crippen molar-refractivity contribution in [2.75, 3.05) is 20.2 Å². The van der Waals surface area contributed by atoms with Crippen LogP contribution < -0.4 is 5.73 Å². The molecule has 2 aliphatic carbocycles. The number of carbonyl (C=O) groups is 1. The Balaban J connectivity index is 1.98. The summed E-state index contributed by atoms with van der Waals surface area (Å²) in [4.78, 5) is 14.5. The summed E-state index contributed by atoms with van der Waals surface area (Å²) in [6.45, 7) is 9.82. The SMILES string of the molecule is CCOC1CC(N)(C(=O)N(C)CC2CC2C)C1(C)C. The van der Waals surface area contributed by atoms with Gasteiger partial charge in [-0.3, -0.25) is 4.79 Å². The van der Waals surface area contributed by atoms with Gasteiger partial charge in [0.05, 0.1) is 6.10 Å². The molecule has 0 aromatic carbocycles. The van der Waals surface area contributed by atoms with Crippen LogP contribution in [-0.2, 0) is 9.53 Å². The van der Waals surface area contributed by atoms with E-state index < -0.39 is 5.54 Å². The van der Waals surface area contributed by atoms with Gasteiger partial charge in [-0.25, -0.2) is 0 Å². The number of hydrogen-bond donors (Lipinski definition) is 1. The van der Waals surface area contributed by atoms with Crippen LogP contribution in [0.1, 0.15) is 40.5 Å². The molecule has 2 N–H and O–H groups in total. The van der Waals surface area contributed by atoms with Crippen LogP contribution in [0.2, 0.25) is 0 Å². The Morgan fingerprint density at radius 3 is 2.47 bits per heavy atom. The van der Waals surface area contributed by atoms with Crippen LogP contribution in [-0.4, -0.2) is 42.6 Å². The molecule has 0 aromatic heterocycles. The Hall–Kier alpha value is -0.610. The third-order valence-corrected chi connectivity index (χ3v) is 5.34. The van der Waals surface area contributed by atoms with Crippen LogP contribution in [0.3, 0.4) is 0 Å². The number of ether oxygens (including phenoxy) is 1. The van der Waals surface area contributed by atoms with Gasteiger partial charge in [0.1, 0.15) is 5.54 Å². The van der Waals surface area contributed by atoms with Gasteiger partial charge in [0.15, 0.2) is 0 Å². The van der Waals surface area contributed by atoms with Gasteiger partial charge in [0.2, 0.25) is 5.91 Å². The Morgan fingerprint density at radius 2 is 2.05 bits per heavy atom. The van der Waals surface area contributed by atoms with E-state index in [2.05, 4.69) is 6.92 Å². The van der Waals surface area contributed by atoms with Crippen molar-refractivity contribution in [3.05, 3.63) is 0 Å². The molecule has 0 aliphatic heterocycles. The summed E-state index contributed by atoms with van der Waals surface area (Å²) in [5.41, 5.74) is 5.35. The molecule has 0 aromatic rings. The predicted molar refractivity (Wildman–Crippen MR) is 75.6 cm³/mol. The first-order valence-electron chi connectivity index (χ1n) is 7.40. The number of amides is 1. The molecular weight excluding hydrogens is 240 g/mol. The maximum Gasteiger partial charge on any atom is 0.243 e. The average Bonchev–Trinajstić information content (AvgIpc) is 3.03. The van der Waals surface area contributed by atoms with E-state index >= 15 is 0 Å². The highest BCUT2D eigenvalue weighted by atomic mass is 16.5. The highest BCUT2D eigenvalue weighted by Gasteiger charge is 2.63. The standard InChI is InChI=1S/C15H28N2O2/c1-6-19-12-8-15(16,14(12,3)4)13(18)17(5)9-11-7-10(11)2/h10-12H,6-9,16H2,1-5H3. The molecule has 4 heteroatoms. The monoisotopic (exact) mass is 268 g/mol. The summed E-state index contributed by atoms with van der Waals surface area (Å²) in [5, 5.41) is 0. The third kappa shape index (κ3) is 2.29. The van der Waals surface area contributed by atoms with Crippen LogP contribution in [0.15, 0.2) is 0 Å². The summed E-state index contributed by atoms with van der Waals surface area (Å²) in [5.74, 6) is 1.51. The van der Waals surface area contributed by atoms with Gasteiger partial charge in [-0.2, -0.15) is 0 Å². The molecule has 4 unspecified atom stereocenters. The fraction of sp³-hybridized carbons (Fsp3) is 0.933. The molecule has 2 saturated carbocycles. The molecule has 0 bridgehead atoms. The van der Waals surface area contributed by atoms with Crippen molar-refractivity contribution < 1.29 is 9.53 Å². The predicted octanol–water partition coefficient (Wildman–Crippen LogP) is 1.63. The van der Waals surface area contributed by atoms with Crippen molar-refractivity contribution in [1.29, 1.82) is 0 Å². The van der Waals surface area contributed by atoms with E-state index in [4.69, 9.17) is 10.5 Å². The number of rotatable bonds is 5. The molecule has 2 aliphatic rings. The second kappa shape index (κ2) is 4.74. The first-order valence-corrected chi connectivity index (χ1v) is 7.40. The van der Waals surface area contributed by atoms with Crippen LogP contribution in [0.25, 0.3) is 0 Å². The van der Waals surface area contributed by atoms with Crippen LogP contribution in [0, 0.1) is 17.3 Å². The second-order valence-electron chi connectivity index (χ2n) is 7.00. The smallest absolute Gasteiger partial charge is 0.243 e. The minimum Gasteiger partial charge on any atom is -0.378 e. The summed E-state index contributed by atoms with van der Waals surface area (Å²) in [7, 11) is 1.88. The Kier molecular flexibility index (Phi) is 3.69. The largest absolute Gasteiger partial charge is 0.378 e. The first kappa shape index (κ1) is 14.8. The lowest BCUT2D eigenvalue weighted by Gasteiger charge is -2.58. The fourth-order valence-corrected chi connectivity index (χ4v) is 3.23. The summed E-state index contributed by atoms with van der Waals surface area (Å²) in [6, 6.07) is 0. The molecule has 19 heavy (non-hydrogen) atoms. The maximum absolute atomic E-state index is 12.6. The maximum atomic E-state index is 12.6. The number of hydrogen-bond acceptors (Lipinski definition) is 3. The second-order valence-corrected chi connectivity index (χ2v) is 7.00. The molecule has 1 amide bonds. The van der Waals surface area contributed by atoms with Gasteiger partial charge in [-0.05, 0) is 25.2 Å². The Morgan fingerprint density at radius 1 is 1.47 bits per heavy atom. The zero-order valence-electron chi connectivity index (χ0n) is 12.9. The average molecular weight is 268 g/mol. The van der Waals surface area contributed by atoms with Crippen molar-refractivity contribution in [3.8, 4) is 0 Å². The van der Waals surface area contributed by atoms with Crippen LogP contribution >= 0.6 is 0 Å². The van der Waals surface area contributed by atoms with E-state index in [1.165, 1.54) is 6.42 Å². The van der Waals surface area contributed by atoms with E-state index in [9.17, 15) is 4.79 Å². The lowest BCUT2D eigenvalue weighted by atomic mass is 9.54. The Labute approximate surface area is 116 Å². The lowest BCUT2D eigenvalue weighted by Crippen LogP contribution is -2.75. The van der Waals surface area contributed by atoms with E-state index in [-0.39, 0.29) is 17.4 Å². The molecular formula is C15H28N2O2. The quantitative estimate of drug-likeness (QED) is 0.824. The van der Waals surface area contributed by atoms with E-state index in [1.54, 1.807) is 0 Å². The molecule has 0 heterocycles. The first-order chi connectivity index (χ1) is 8.74. The van der Waals surface area contributed by atoms with Gasteiger partial charge in [0, 0.05) is 32.0 Å². The van der Waals surface area contributed by atoms with Gasteiger partial charge in [0.25, 0.3) is 0 Å². The molecule has 0 spiro atoms. The number of nitrogens with zero attached hydrogens (tertiary/aromatic N) is 1. The van der Waals surface area contributed by atoms with E-state index in [0.29, 0.717) is 18.9 Å². The molecule has 2 fully saturated rings. The minimum atomic E-state index is -0.764. The van der Waals surface area contributed by atoms with Crippen molar-refractivity contribution >= 4 is 5.91 Å². The van der Waals surface area contributed by atoms with Crippen molar-refractivity contribution in [2.24, 2.45) is 23.0 Å². The number of carbonyl (C=O) groups excluding carboxylic acids is 1. The van der Waals surface area contributed by atoms with Crippen LogP contribution in [0.4, 0.5) is 0 Å². The highest BCUT2D eigenvalue weighted by Crippen LogP contribution is 2.50. The van der Waals surface area contributed by atoms with Crippen molar-refractivity contribution in [3.63, 3.8) is 0 Å². The van der Waals surface area contributed by atoms with Gasteiger partial charge < -0.3 is 15.4 Å². The molecule has 0 radical (unpaired) electrons. The fourth-order valence-electron chi connectivity index (χ4n) is 3.23. The van der Waals surface area contributed by atoms with Crippen molar-refractivity contribution in [2.45, 2.75) is 52.2 Å².